The molecule has 0 aromatic carbocycles. The van der Waals surface area contributed by atoms with Gasteiger partial charge >= 0.3 is 0 Å². The summed E-state index contributed by atoms with van der Waals surface area (Å²) in [6.07, 6.45) is 1.79. The summed E-state index contributed by atoms with van der Waals surface area (Å²) < 4.78 is 5.51. The first kappa shape index (κ1) is 10.3. The van der Waals surface area contributed by atoms with E-state index in [-0.39, 0.29) is 11.5 Å². The van der Waals surface area contributed by atoms with Crippen LogP contribution in [-0.4, -0.2) is 17.8 Å². The van der Waals surface area contributed by atoms with Gasteiger partial charge in [0.25, 0.3) is 0 Å². The summed E-state index contributed by atoms with van der Waals surface area (Å²) in [5.74, 6) is 0.613. The maximum Gasteiger partial charge on any atom is 0.114 e. The zero-order valence-corrected chi connectivity index (χ0v) is 9.01. The highest BCUT2D eigenvalue weighted by Crippen LogP contribution is 2.38. The molecule has 0 fully saturated rings. The Morgan fingerprint density at radius 2 is 2.00 bits per heavy atom. The molecule has 1 rings (SSSR count). The quantitative estimate of drug-likeness (QED) is 0.675. The maximum atomic E-state index is 9.59. The summed E-state index contributed by atoms with van der Waals surface area (Å²) in [6.45, 7) is 8.06. The smallest absolute Gasteiger partial charge is 0.114 e. The fourth-order valence-corrected chi connectivity index (χ4v) is 1.78. The van der Waals surface area contributed by atoms with Crippen LogP contribution in [0.25, 0.3) is 0 Å². The Labute approximate surface area is 79.9 Å². The summed E-state index contributed by atoms with van der Waals surface area (Å²) in [7, 11) is 1.71. The van der Waals surface area contributed by atoms with E-state index in [4.69, 9.17) is 4.74 Å². The molecule has 2 nitrogen and oxygen atoms in total. The first-order valence-electron chi connectivity index (χ1n) is 4.57. The molecule has 0 saturated carbocycles. The third-order valence-corrected chi connectivity index (χ3v) is 3.44. The van der Waals surface area contributed by atoms with Crippen LogP contribution in [0.1, 0.15) is 27.7 Å². The third kappa shape index (κ3) is 1.39. The zero-order chi connectivity index (χ0) is 10.2. The number of ether oxygens (including phenoxy) is 1. The van der Waals surface area contributed by atoms with Crippen molar-refractivity contribution >= 4 is 0 Å². The lowest BCUT2D eigenvalue weighted by atomic mass is 9.76. The SMILES string of the molecule is COC1(C)C(C)=CC(O)=C(C)C1C. The second-order valence-corrected chi connectivity index (χ2v) is 3.93. The van der Waals surface area contributed by atoms with Crippen LogP contribution in [-0.2, 0) is 4.74 Å². The van der Waals surface area contributed by atoms with Gasteiger partial charge in [0, 0.05) is 13.0 Å². The van der Waals surface area contributed by atoms with Crippen LogP contribution >= 0.6 is 0 Å². The van der Waals surface area contributed by atoms with Crippen LogP contribution in [0.3, 0.4) is 0 Å². The van der Waals surface area contributed by atoms with Crippen LogP contribution in [0.5, 0.6) is 0 Å². The maximum absolute atomic E-state index is 9.59. The molecule has 2 unspecified atom stereocenters. The van der Waals surface area contributed by atoms with E-state index in [2.05, 4.69) is 13.8 Å². The molecule has 74 valence electrons. The van der Waals surface area contributed by atoms with Crippen molar-refractivity contribution in [1.82, 2.24) is 0 Å². The molecule has 1 aliphatic rings. The first-order valence-corrected chi connectivity index (χ1v) is 4.57. The van der Waals surface area contributed by atoms with Crippen molar-refractivity contribution < 1.29 is 9.84 Å². The highest BCUT2D eigenvalue weighted by atomic mass is 16.5. The van der Waals surface area contributed by atoms with E-state index in [0.717, 1.165) is 11.1 Å². The van der Waals surface area contributed by atoms with Gasteiger partial charge in [-0.1, -0.05) is 6.92 Å². The Bertz CT molecular complexity index is 276. The molecule has 1 N–H and O–H groups in total. The Morgan fingerprint density at radius 1 is 1.46 bits per heavy atom. The van der Waals surface area contributed by atoms with Crippen molar-refractivity contribution in [2.24, 2.45) is 5.92 Å². The van der Waals surface area contributed by atoms with Crippen LogP contribution < -0.4 is 0 Å². The Morgan fingerprint density at radius 3 is 2.46 bits per heavy atom. The number of hydrogen-bond donors (Lipinski definition) is 1. The molecule has 1 aliphatic carbocycles. The lowest BCUT2D eigenvalue weighted by Gasteiger charge is -2.39. The molecule has 0 saturated heterocycles. The molecule has 0 radical (unpaired) electrons. The van der Waals surface area contributed by atoms with E-state index in [1.807, 2.05) is 13.8 Å². The molecule has 0 aromatic heterocycles. The molecular formula is C11H18O2. The molecule has 0 spiro atoms. The number of aliphatic hydroxyl groups excluding tert-OH is 1. The van der Waals surface area contributed by atoms with E-state index in [0.29, 0.717) is 5.76 Å². The van der Waals surface area contributed by atoms with Crippen LogP contribution in [0, 0.1) is 5.92 Å². The van der Waals surface area contributed by atoms with Crippen LogP contribution in [0.4, 0.5) is 0 Å². The van der Waals surface area contributed by atoms with E-state index in [9.17, 15) is 5.11 Å². The van der Waals surface area contributed by atoms with Crippen molar-refractivity contribution in [2.75, 3.05) is 7.11 Å². The second-order valence-electron chi connectivity index (χ2n) is 3.93. The highest BCUT2D eigenvalue weighted by Gasteiger charge is 2.37. The Hall–Kier alpha value is -0.760. The monoisotopic (exact) mass is 182 g/mol. The third-order valence-electron chi connectivity index (χ3n) is 3.44. The van der Waals surface area contributed by atoms with Gasteiger partial charge in [0.2, 0.25) is 0 Å². The molecule has 2 heteroatoms. The minimum absolute atomic E-state index is 0.225. The van der Waals surface area contributed by atoms with Crippen LogP contribution in [0.2, 0.25) is 0 Å². The van der Waals surface area contributed by atoms with E-state index in [1.54, 1.807) is 13.2 Å². The van der Waals surface area contributed by atoms with Crippen LogP contribution in [0.15, 0.2) is 23.0 Å². The zero-order valence-electron chi connectivity index (χ0n) is 9.01. The number of rotatable bonds is 1. The molecule has 2 atom stereocenters. The molecule has 0 heterocycles. The molecule has 0 amide bonds. The van der Waals surface area contributed by atoms with Gasteiger partial charge in [-0.05, 0) is 38.0 Å². The summed E-state index contributed by atoms with van der Waals surface area (Å²) in [5.41, 5.74) is 1.80. The van der Waals surface area contributed by atoms with Crippen molar-refractivity contribution in [3.63, 3.8) is 0 Å². The minimum Gasteiger partial charge on any atom is -0.508 e. The summed E-state index contributed by atoms with van der Waals surface area (Å²) >= 11 is 0. The lowest BCUT2D eigenvalue weighted by Crippen LogP contribution is -2.39. The molecular weight excluding hydrogens is 164 g/mol. The van der Waals surface area contributed by atoms with Gasteiger partial charge in [0.15, 0.2) is 0 Å². The highest BCUT2D eigenvalue weighted by molar-refractivity contribution is 5.36. The summed E-state index contributed by atoms with van der Waals surface area (Å²) in [5, 5.41) is 9.59. The van der Waals surface area contributed by atoms with Gasteiger partial charge in [-0.25, -0.2) is 0 Å². The van der Waals surface area contributed by atoms with E-state index >= 15 is 0 Å². The molecule has 0 aliphatic heterocycles. The summed E-state index contributed by atoms with van der Waals surface area (Å²) in [4.78, 5) is 0. The van der Waals surface area contributed by atoms with Gasteiger partial charge in [0.1, 0.15) is 5.76 Å². The van der Waals surface area contributed by atoms with Gasteiger partial charge in [-0.3, -0.25) is 0 Å². The normalized spacial score (nSPS) is 34.8. The topological polar surface area (TPSA) is 29.5 Å². The number of methoxy groups -OCH3 is 1. The first-order chi connectivity index (χ1) is 5.93. The fraction of sp³-hybridized carbons (Fsp3) is 0.636. The largest absolute Gasteiger partial charge is 0.508 e. The van der Waals surface area contributed by atoms with E-state index in [1.165, 1.54) is 0 Å². The number of allylic oxidation sites excluding steroid dienone is 1. The second kappa shape index (κ2) is 3.18. The molecule has 0 aromatic rings. The van der Waals surface area contributed by atoms with Gasteiger partial charge < -0.3 is 9.84 Å². The Balaban J connectivity index is 3.16. The minimum atomic E-state index is -0.268. The predicted molar refractivity (Wildman–Crippen MR) is 53.7 cm³/mol. The predicted octanol–water partition coefficient (Wildman–Crippen LogP) is 2.82. The number of hydrogen-bond acceptors (Lipinski definition) is 2. The molecule has 0 bridgehead atoms. The van der Waals surface area contributed by atoms with Crippen molar-refractivity contribution in [1.29, 1.82) is 0 Å². The van der Waals surface area contributed by atoms with E-state index < -0.39 is 0 Å². The van der Waals surface area contributed by atoms with Gasteiger partial charge in [-0.2, -0.15) is 0 Å². The summed E-state index contributed by atoms with van der Waals surface area (Å²) in [6, 6.07) is 0. The Kier molecular flexibility index (Phi) is 2.53. The van der Waals surface area contributed by atoms with Crippen molar-refractivity contribution in [3.8, 4) is 0 Å². The average molecular weight is 182 g/mol. The van der Waals surface area contributed by atoms with Gasteiger partial charge in [0.05, 0.1) is 5.60 Å². The average Bonchev–Trinajstić information content (AvgIpc) is 2.11. The fourth-order valence-electron chi connectivity index (χ4n) is 1.78. The van der Waals surface area contributed by atoms with Crippen molar-refractivity contribution in [2.45, 2.75) is 33.3 Å². The van der Waals surface area contributed by atoms with Crippen molar-refractivity contribution in [3.05, 3.63) is 23.0 Å². The number of aliphatic hydroxyl groups is 1. The molecule has 13 heavy (non-hydrogen) atoms. The van der Waals surface area contributed by atoms with Gasteiger partial charge in [-0.15, -0.1) is 0 Å². The lowest BCUT2D eigenvalue weighted by molar-refractivity contribution is 0.00183. The standard InChI is InChI=1S/C11H18O2/c1-7-6-10(12)8(2)9(3)11(7,4)13-5/h6,9,12H,1-5H3.